The smallest absolute Gasteiger partial charge is 0.237 e. The summed E-state index contributed by atoms with van der Waals surface area (Å²) in [6.07, 6.45) is -2.99. The summed E-state index contributed by atoms with van der Waals surface area (Å²) in [6, 6.07) is 2.62. The largest absolute Gasteiger partial charge is 0.267 e. The van der Waals surface area contributed by atoms with Crippen LogP contribution in [0.3, 0.4) is 0 Å². The second-order valence-electron chi connectivity index (χ2n) is 5.03. The summed E-state index contributed by atoms with van der Waals surface area (Å²) < 4.78 is 54.0. The first kappa shape index (κ1) is 23.4. The Morgan fingerprint density at radius 2 is 1.55 bits per heavy atom. The van der Waals surface area contributed by atoms with Crippen LogP contribution >= 0.6 is 0 Å². The van der Waals surface area contributed by atoms with Gasteiger partial charge in [-0.15, -0.1) is 0 Å². The third-order valence-corrected chi connectivity index (χ3v) is 3.70. The standard InChI is InChI=1S/C12H16F3NOS.2C2H6/c1-7-5-6-8(9(10(7)13)11(14)15)18(17)16-12(2,3)4;2*1-2/h5-6,11,16H,1-4H3;2*1-2H3. The first-order valence-electron chi connectivity index (χ1n) is 7.40. The molecule has 1 aromatic rings. The van der Waals surface area contributed by atoms with Gasteiger partial charge in [0, 0.05) is 5.54 Å². The SMILES string of the molecule is CC.CC.Cc1ccc(S(=O)NC(C)(C)C)c(C(F)F)c1F. The molecular formula is C16H28F3NOS. The zero-order valence-electron chi connectivity index (χ0n) is 14.7. The van der Waals surface area contributed by atoms with Crippen LogP contribution in [0.1, 0.15) is 66.0 Å². The number of alkyl halides is 2. The van der Waals surface area contributed by atoms with E-state index in [1.54, 1.807) is 20.8 Å². The van der Waals surface area contributed by atoms with Crippen LogP contribution in [0.4, 0.5) is 13.2 Å². The fourth-order valence-electron chi connectivity index (χ4n) is 1.38. The normalized spacial score (nSPS) is 12.0. The Morgan fingerprint density at radius 3 is 1.91 bits per heavy atom. The average molecular weight is 339 g/mol. The molecule has 1 atom stereocenters. The predicted octanol–water partition coefficient (Wildman–Crippen LogP) is 5.53. The van der Waals surface area contributed by atoms with Gasteiger partial charge in [-0.2, -0.15) is 0 Å². The van der Waals surface area contributed by atoms with Crippen molar-refractivity contribution in [2.75, 3.05) is 0 Å². The van der Waals surface area contributed by atoms with E-state index in [0.29, 0.717) is 0 Å². The fraction of sp³-hybridized carbons (Fsp3) is 0.625. The van der Waals surface area contributed by atoms with Crippen molar-refractivity contribution >= 4 is 11.0 Å². The van der Waals surface area contributed by atoms with Gasteiger partial charge in [-0.3, -0.25) is 0 Å². The molecule has 0 bridgehead atoms. The maximum absolute atomic E-state index is 13.7. The highest BCUT2D eigenvalue weighted by Gasteiger charge is 2.25. The van der Waals surface area contributed by atoms with Crippen LogP contribution in [0.2, 0.25) is 0 Å². The number of hydrogen-bond donors (Lipinski definition) is 1. The lowest BCUT2D eigenvalue weighted by Crippen LogP contribution is -2.37. The van der Waals surface area contributed by atoms with E-state index in [1.165, 1.54) is 19.1 Å². The molecule has 6 heteroatoms. The molecule has 1 aromatic carbocycles. The van der Waals surface area contributed by atoms with Crippen LogP contribution < -0.4 is 4.72 Å². The Kier molecular flexibility index (Phi) is 11.5. The highest BCUT2D eigenvalue weighted by molar-refractivity contribution is 7.83. The molecule has 0 saturated heterocycles. The third-order valence-electron chi connectivity index (χ3n) is 2.15. The van der Waals surface area contributed by atoms with E-state index in [0.717, 1.165) is 0 Å². The number of aryl methyl sites for hydroxylation is 1. The summed E-state index contributed by atoms with van der Waals surface area (Å²) in [5.41, 5.74) is -1.20. The van der Waals surface area contributed by atoms with Crippen LogP contribution in [-0.4, -0.2) is 9.75 Å². The van der Waals surface area contributed by atoms with Gasteiger partial charge >= 0.3 is 0 Å². The monoisotopic (exact) mass is 339 g/mol. The van der Waals surface area contributed by atoms with E-state index in [4.69, 9.17) is 0 Å². The van der Waals surface area contributed by atoms with Crippen LogP contribution in [0.15, 0.2) is 17.0 Å². The average Bonchev–Trinajstić information content (AvgIpc) is 2.43. The molecule has 0 radical (unpaired) electrons. The molecule has 2 nitrogen and oxygen atoms in total. The van der Waals surface area contributed by atoms with Gasteiger partial charge in [0.2, 0.25) is 0 Å². The molecule has 0 fully saturated rings. The summed E-state index contributed by atoms with van der Waals surface area (Å²) in [6.45, 7) is 14.6. The van der Waals surface area contributed by atoms with Gasteiger partial charge in [-0.05, 0) is 39.3 Å². The molecule has 1 N–H and O–H groups in total. The van der Waals surface area contributed by atoms with Crippen molar-refractivity contribution in [3.05, 3.63) is 29.1 Å². The molecule has 22 heavy (non-hydrogen) atoms. The van der Waals surface area contributed by atoms with Crippen molar-refractivity contribution in [2.45, 2.75) is 72.2 Å². The third kappa shape index (κ3) is 7.40. The molecule has 0 spiro atoms. The summed E-state index contributed by atoms with van der Waals surface area (Å²) in [5, 5.41) is 0. The molecule has 0 amide bonds. The molecule has 0 aliphatic rings. The zero-order chi connectivity index (χ0) is 18.1. The van der Waals surface area contributed by atoms with E-state index in [-0.39, 0.29) is 10.5 Å². The first-order chi connectivity index (χ1) is 10.1. The van der Waals surface area contributed by atoms with Crippen molar-refractivity contribution in [3.63, 3.8) is 0 Å². The number of hydrogen-bond acceptors (Lipinski definition) is 1. The van der Waals surface area contributed by atoms with E-state index < -0.39 is 34.3 Å². The van der Waals surface area contributed by atoms with Crippen LogP contribution in [0.5, 0.6) is 0 Å². The Balaban J connectivity index is 0. The first-order valence-corrected chi connectivity index (χ1v) is 8.55. The molecule has 0 aromatic heterocycles. The molecular weight excluding hydrogens is 311 g/mol. The molecule has 1 rings (SSSR count). The Labute approximate surface area is 135 Å². The van der Waals surface area contributed by atoms with Crippen molar-refractivity contribution < 1.29 is 17.4 Å². The summed E-state index contributed by atoms with van der Waals surface area (Å²) in [5.74, 6) is -0.994. The van der Waals surface area contributed by atoms with Crippen molar-refractivity contribution in [3.8, 4) is 0 Å². The number of halogens is 3. The lowest BCUT2D eigenvalue weighted by molar-refractivity contribution is 0.142. The topological polar surface area (TPSA) is 29.1 Å². The van der Waals surface area contributed by atoms with Gasteiger partial charge < -0.3 is 0 Å². The van der Waals surface area contributed by atoms with Crippen LogP contribution in [0, 0.1) is 12.7 Å². The molecule has 0 aliphatic heterocycles. The molecule has 130 valence electrons. The van der Waals surface area contributed by atoms with E-state index in [2.05, 4.69) is 4.72 Å². The van der Waals surface area contributed by atoms with Gasteiger partial charge in [-0.25, -0.2) is 22.1 Å². The van der Waals surface area contributed by atoms with Gasteiger partial charge in [-0.1, -0.05) is 33.8 Å². The zero-order valence-corrected chi connectivity index (χ0v) is 15.5. The Hall–Kier alpha value is -0.880. The number of nitrogens with one attached hydrogen (secondary N) is 1. The van der Waals surface area contributed by atoms with Crippen LogP contribution in [0.25, 0.3) is 0 Å². The Bertz CT molecular complexity index is 471. The highest BCUT2D eigenvalue weighted by atomic mass is 32.2. The minimum absolute atomic E-state index is 0.113. The second-order valence-corrected chi connectivity index (χ2v) is 6.21. The number of benzene rings is 1. The molecule has 1 unspecified atom stereocenters. The minimum atomic E-state index is -2.99. The van der Waals surface area contributed by atoms with Gasteiger partial charge in [0.05, 0.1) is 10.5 Å². The van der Waals surface area contributed by atoms with E-state index in [1.807, 2.05) is 27.7 Å². The molecule has 0 aliphatic carbocycles. The summed E-state index contributed by atoms with van der Waals surface area (Å²) in [7, 11) is -1.87. The quantitative estimate of drug-likeness (QED) is 0.770. The summed E-state index contributed by atoms with van der Waals surface area (Å²) >= 11 is 0. The van der Waals surface area contributed by atoms with Crippen molar-refractivity contribution in [2.24, 2.45) is 0 Å². The Morgan fingerprint density at radius 1 is 1.09 bits per heavy atom. The van der Waals surface area contributed by atoms with Gasteiger partial charge in [0.15, 0.2) is 0 Å². The molecule has 0 heterocycles. The fourth-order valence-corrected chi connectivity index (χ4v) is 2.62. The molecule has 0 saturated carbocycles. The summed E-state index contributed by atoms with van der Waals surface area (Å²) in [4.78, 5) is -0.206. The lowest BCUT2D eigenvalue weighted by atomic mass is 10.1. The predicted molar refractivity (Wildman–Crippen MR) is 88.1 cm³/mol. The second kappa shape index (κ2) is 10.8. The van der Waals surface area contributed by atoms with Crippen LogP contribution in [-0.2, 0) is 11.0 Å². The van der Waals surface area contributed by atoms with Crippen molar-refractivity contribution in [1.29, 1.82) is 0 Å². The van der Waals surface area contributed by atoms with E-state index in [9.17, 15) is 17.4 Å². The van der Waals surface area contributed by atoms with Crippen molar-refractivity contribution in [1.82, 2.24) is 4.72 Å². The maximum atomic E-state index is 13.7. The maximum Gasteiger partial charge on any atom is 0.267 e. The lowest BCUT2D eigenvalue weighted by Gasteiger charge is -2.21. The van der Waals surface area contributed by atoms with E-state index >= 15 is 0 Å². The minimum Gasteiger partial charge on any atom is -0.237 e. The van der Waals surface area contributed by atoms with Gasteiger partial charge in [0.25, 0.3) is 6.43 Å². The highest BCUT2D eigenvalue weighted by Crippen LogP contribution is 2.30. The number of rotatable bonds is 3. The van der Waals surface area contributed by atoms with Gasteiger partial charge in [0.1, 0.15) is 16.8 Å².